The van der Waals surface area contributed by atoms with E-state index in [1.165, 1.54) is 6.20 Å². The summed E-state index contributed by atoms with van der Waals surface area (Å²) in [5.41, 5.74) is 7.61. The summed E-state index contributed by atoms with van der Waals surface area (Å²) in [4.78, 5) is 16.1. The van der Waals surface area contributed by atoms with Gasteiger partial charge in [-0.3, -0.25) is 0 Å². The molecule has 2 N–H and O–H groups in total. The number of nitrogens with two attached hydrogens (primary N) is 1. The summed E-state index contributed by atoms with van der Waals surface area (Å²) in [6.45, 7) is 0.0192. The highest BCUT2D eigenvalue weighted by Crippen LogP contribution is 2.37. The number of hydrogen-bond acceptors (Lipinski definition) is 5. The van der Waals surface area contributed by atoms with E-state index < -0.39 is 5.97 Å². The maximum absolute atomic E-state index is 12.2. The van der Waals surface area contributed by atoms with Crippen molar-refractivity contribution in [2.24, 2.45) is 0 Å². The highest BCUT2D eigenvalue weighted by atomic mass is 16.5. The molecule has 2 heterocycles. The molecule has 0 bridgehead atoms. The minimum atomic E-state index is -0.439. The molecule has 0 aromatic carbocycles. The number of pyridine rings is 1. The third kappa shape index (κ3) is 2.72. The van der Waals surface area contributed by atoms with E-state index in [0.29, 0.717) is 23.0 Å². The molecule has 1 aliphatic rings. The first-order valence-corrected chi connectivity index (χ1v) is 6.67. The smallest absolute Gasteiger partial charge is 0.355 e. The van der Waals surface area contributed by atoms with Crippen molar-refractivity contribution < 1.29 is 9.53 Å². The van der Waals surface area contributed by atoms with Crippen molar-refractivity contribution in [3.63, 3.8) is 0 Å². The fraction of sp³-hybridized carbons (Fsp3) is 0.267. The van der Waals surface area contributed by atoms with Gasteiger partial charge in [0.15, 0.2) is 0 Å². The van der Waals surface area contributed by atoms with Gasteiger partial charge in [0, 0.05) is 24.0 Å². The molecule has 106 valence electrons. The van der Waals surface area contributed by atoms with Crippen molar-refractivity contribution in [2.75, 3.05) is 5.73 Å². The van der Waals surface area contributed by atoms with Crippen molar-refractivity contribution in [3.8, 4) is 6.07 Å². The van der Waals surface area contributed by atoms with E-state index in [2.05, 4.69) is 4.98 Å². The largest absolute Gasteiger partial charge is 0.456 e. The van der Waals surface area contributed by atoms with Crippen LogP contribution in [0.5, 0.6) is 0 Å². The van der Waals surface area contributed by atoms with E-state index in [9.17, 15) is 4.79 Å². The number of nitrogens with zero attached hydrogens (tertiary/aromatic N) is 3. The fourth-order valence-electron chi connectivity index (χ4n) is 2.19. The van der Waals surface area contributed by atoms with Crippen LogP contribution in [-0.4, -0.2) is 15.5 Å². The van der Waals surface area contributed by atoms with E-state index in [-0.39, 0.29) is 12.3 Å². The normalized spacial score (nSPS) is 13.7. The van der Waals surface area contributed by atoms with Gasteiger partial charge in [-0.05, 0) is 25.0 Å². The molecular formula is C15H14N4O2. The lowest BCUT2D eigenvalue weighted by Gasteiger charge is -2.08. The first-order chi connectivity index (χ1) is 10.2. The maximum atomic E-state index is 12.2. The van der Waals surface area contributed by atoms with E-state index in [1.807, 2.05) is 10.6 Å². The number of esters is 1. The molecule has 1 aliphatic carbocycles. The second kappa shape index (κ2) is 5.29. The van der Waals surface area contributed by atoms with Gasteiger partial charge in [-0.2, -0.15) is 5.26 Å². The molecule has 6 nitrogen and oxygen atoms in total. The third-order valence-electron chi connectivity index (χ3n) is 3.38. The van der Waals surface area contributed by atoms with Crippen LogP contribution in [0.4, 0.5) is 5.69 Å². The standard InChI is InChI=1S/C15H14N4O2/c16-7-13-10(2-1-5-18-13)9-21-15(20)14-6-11(17)8-19(14)12-3-4-12/h1-2,5-6,8,12H,3-4,9,17H2. The van der Waals surface area contributed by atoms with Gasteiger partial charge in [0.05, 0.1) is 5.69 Å². The van der Waals surface area contributed by atoms with Gasteiger partial charge in [0.1, 0.15) is 24.1 Å². The van der Waals surface area contributed by atoms with Gasteiger partial charge in [0.2, 0.25) is 0 Å². The zero-order valence-corrected chi connectivity index (χ0v) is 11.3. The molecular weight excluding hydrogens is 268 g/mol. The molecule has 0 unspecified atom stereocenters. The number of hydrogen-bond donors (Lipinski definition) is 1. The molecule has 3 rings (SSSR count). The van der Waals surface area contributed by atoms with Gasteiger partial charge in [0.25, 0.3) is 0 Å². The fourth-order valence-corrected chi connectivity index (χ4v) is 2.19. The summed E-state index contributed by atoms with van der Waals surface area (Å²) in [6, 6.07) is 7.36. The summed E-state index contributed by atoms with van der Waals surface area (Å²) >= 11 is 0. The Bertz CT molecular complexity index is 726. The molecule has 0 atom stereocenters. The van der Waals surface area contributed by atoms with Crippen molar-refractivity contribution >= 4 is 11.7 Å². The van der Waals surface area contributed by atoms with Gasteiger partial charge in [-0.15, -0.1) is 0 Å². The molecule has 0 aliphatic heterocycles. The van der Waals surface area contributed by atoms with Crippen LogP contribution in [0.3, 0.4) is 0 Å². The van der Waals surface area contributed by atoms with Gasteiger partial charge < -0.3 is 15.0 Å². The van der Waals surface area contributed by atoms with Crippen molar-refractivity contribution in [2.45, 2.75) is 25.5 Å². The number of nitriles is 1. The second-order valence-corrected chi connectivity index (χ2v) is 5.00. The Morgan fingerprint density at radius 2 is 2.38 bits per heavy atom. The average Bonchev–Trinajstić information content (AvgIpc) is 3.27. The molecule has 0 radical (unpaired) electrons. The van der Waals surface area contributed by atoms with Crippen LogP contribution in [-0.2, 0) is 11.3 Å². The van der Waals surface area contributed by atoms with Crippen LogP contribution >= 0.6 is 0 Å². The Balaban J connectivity index is 1.74. The van der Waals surface area contributed by atoms with Gasteiger partial charge >= 0.3 is 5.97 Å². The van der Waals surface area contributed by atoms with Crippen LogP contribution < -0.4 is 5.73 Å². The lowest BCUT2D eigenvalue weighted by Crippen LogP contribution is -2.11. The van der Waals surface area contributed by atoms with Crippen molar-refractivity contribution in [1.82, 2.24) is 9.55 Å². The van der Waals surface area contributed by atoms with Crippen molar-refractivity contribution in [3.05, 3.63) is 47.5 Å². The predicted octanol–water partition coefficient (Wildman–Crippen LogP) is 2.03. The number of anilines is 1. The summed E-state index contributed by atoms with van der Waals surface area (Å²) in [5.74, 6) is -0.439. The van der Waals surface area contributed by atoms with Crippen LogP contribution in [0, 0.1) is 11.3 Å². The molecule has 1 fully saturated rings. The molecule has 2 aromatic rings. The monoisotopic (exact) mass is 282 g/mol. The minimum Gasteiger partial charge on any atom is -0.456 e. The molecule has 0 spiro atoms. The second-order valence-electron chi connectivity index (χ2n) is 5.00. The highest BCUT2D eigenvalue weighted by Gasteiger charge is 2.28. The van der Waals surface area contributed by atoms with E-state index >= 15 is 0 Å². The molecule has 2 aromatic heterocycles. The van der Waals surface area contributed by atoms with E-state index in [1.54, 1.807) is 24.4 Å². The quantitative estimate of drug-likeness (QED) is 0.866. The van der Waals surface area contributed by atoms with Crippen LogP contribution in [0.2, 0.25) is 0 Å². The Morgan fingerprint density at radius 1 is 1.57 bits per heavy atom. The summed E-state index contributed by atoms with van der Waals surface area (Å²) in [5, 5.41) is 8.96. The topological polar surface area (TPSA) is 93.9 Å². The number of nitrogen functional groups attached to an aromatic ring is 1. The maximum Gasteiger partial charge on any atom is 0.355 e. The van der Waals surface area contributed by atoms with Crippen LogP contribution in [0.25, 0.3) is 0 Å². The number of ether oxygens (including phenoxy) is 1. The molecule has 0 amide bonds. The summed E-state index contributed by atoms with van der Waals surface area (Å²) in [6.07, 6.45) is 5.40. The van der Waals surface area contributed by atoms with E-state index in [4.69, 9.17) is 15.7 Å². The first-order valence-electron chi connectivity index (χ1n) is 6.67. The Kier molecular flexibility index (Phi) is 3.32. The van der Waals surface area contributed by atoms with Crippen LogP contribution in [0.15, 0.2) is 30.6 Å². The van der Waals surface area contributed by atoms with Crippen LogP contribution in [0.1, 0.15) is 40.6 Å². The molecule has 0 saturated heterocycles. The molecule has 1 saturated carbocycles. The highest BCUT2D eigenvalue weighted by molar-refractivity contribution is 5.89. The first kappa shape index (κ1) is 13.2. The lowest BCUT2D eigenvalue weighted by molar-refractivity contribution is 0.0459. The lowest BCUT2D eigenvalue weighted by atomic mass is 10.2. The predicted molar refractivity (Wildman–Crippen MR) is 75.2 cm³/mol. The summed E-state index contributed by atoms with van der Waals surface area (Å²) < 4.78 is 7.15. The van der Waals surface area contributed by atoms with Gasteiger partial charge in [-0.1, -0.05) is 6.07 Å². The zero-order chi connectivity index (χ0) is 14.8. The zero-order valence-electron chi connectivity index (χ0n) is 11.3. The SMILES string of the molecule is N#Cc1ncccc1COC(=O)c1cc(N)cn1C1CC1. The van der Waals surface area contributed by atoms with Gasteiger partial charge in [-0.25, -0.2) is 9.78 Å². The average molecular weight is 282 g/mol. The summed E-state index contributed by atoms with van der Waals surface area (Å²) in [7, 11) is 0. The Labute approximate surface area is 121 Å². The van der Waals surface area contributed by atoms with Crippen molar-refractivity contribution in [1.29, 1.82) is 5.26 Å². The van der Waals surface area contributed by atoms with E-state index in [0.717, 1.165) is 12.8 Å². The Morgan fingerprint density at radius 3 is 3.10 bits per heavy atom. The minimum absolute atomic E-state index is 0.0192. The number of aromatic nitrogens is 2. The molecule has 21 heavy (non-hydrogen) atoms. The molecule has 6 heteroatoms. The number of rotatable bonds is 4. The third-order valence-corrected chi connectivity index (χ3v) is 3.38. The Hall–Kier alpha value is -2.81. The number of carbonyl (C=O) groups is 1. The number of carbonyl (C=O) groups excluding carboxylic acids is 1.